The van der Waals surface area contributed by atoms with Crippen LogP contribution in [0.5, 0.6) is 11.5 Å². The molecule has 0 radical (unpaired) electrons. The maximum absolute atomic E-state index is 13.8. The molecule has 0 aliphatic carbocycles. The molecule has 0 spiro atoms. The predicted octanol–water partition coefficient (Wildman–Crippen LogP) is 7.52. The number of rotatable bonds is 6. The monoisotopic (exact) mass is 510 g/mol. The van der Waals surface area contributed by atoms with Gasteiger partial charge in [0.15, 0.2) is 5.78 Å². The van der Waals surface area contributed by atoms with Crippen LogP contribution in [0, 0.1) is 0 Å². The van der Waals surface area contributed by atoms with Crippen LogP contribution in [0.3, 0.4) is 0 Å². The van der Waals surface area contributed by atoms with Crippen molar-refractivity contribution in [2.45, 2.75) is 64.4 Å². The maximum atomic E-state index is 13.8. The number of Topliss-reactive ketones (excluding diaryl/α,β-unsaturated/α-hetero) is 1. The largest absolute Gasteiger partial charge is 0.507 e. The smallest absolute Gasteiger partial charge is 0.192 e. The highest BCUT2D eigenvalue weighted by Gasteiger charge is 2.34. The van der Waals surface area contributed by atoms with Gasteiger partial charge >= 0.3 is 0 Å². The topological polar surface area (TPSA) is 66.8 Å². The van der Waals surface area contributed by atoms with Crippen molar-refractivity contribution in [2.75, 3.05) is 7.11 Å². The Balaban J connectivity index is 1.99. The molecule has 198 valence electrons. The number of hydrogen-bond donors (Lipinski definition) is 2. The first-order valence-corrected chi connectivity index (χ1v) is 13.0. The van der Waals surface area contributed by atoms with Crippen molar-refractivity contribution in [1.82, 2.24) is 0 Å². The summed E-state index contributed by atoms with van der Waals surface area (Å²) in [6.45, 7) is 12.4. The quantitative estimate of drug-likeness (QED) is 0.263. The Kier molecular flexibility index (Phi) is 7.40. The summed E-state index contributed by atoms with van der Waals surface area (Å²) in [6, 6.07) is 24.7. The number of phenols is 1. The van der Waals surface area contributed by atoms with E-state index in [-0.39, 0.29) is 22.4 Å². The molecule has 4 nitrogen and oxygen atoms in total. The number of aliphatic hydroxyl groups is 1. The zero-order valence-corrected chi connectivity index (χ0v) is 23.4. The Bertz CT molecular complexity index is 1410. The van der Waals surface area contributed by atoms with E-state index in [1.807, 2.05) is 54.6 Å². The van der Waals surface area contributed by atoms with Gasteiger partial charge in [-0.05, 0) is 68.1 Å². The van der Waals surface area contributed by atoms with Gasteiger partial charge in [0.2, 0.25) is 0 Å². The highest BCUT2D eigenvalue weighted by Crippen LogP contribution is 2.44. The zero-order chi connectivity index (χ0) is 27.8. The summed E-state index contributed by atoms with van der Waals surface area (Å²) in [5.74, 6) is -0.113. The van der Waals surface area contributed by atoms with Crippen LogP contribution in [0.25, 0.3) is 10.8 Å². The van der Waals surface area contributed by atoms with Gasteiger partial charge in [-0.1, -0.05) is 96.1 Å². The van der Waals surface area contributed by atoms with E-state index in [1.54, 1.807) is 31.4 Å². The summed E-state index contributed by atoms with van der Waals surface area (Å²) in [6.07, 6.45) is -1.35. The average Bonchev–Trinajstić information content (AvgIpc) is 2.88. The molecule has 0 saturated carbocycles. The summed E-state index contributed by atoms with van der Waals surface area (Å²) in [5, 5.41) is 25.2. The van der Waals surface area contributed by atoms with Crippen molar-refractivity contribution in [3.8, 4) is 11.5 Å². The van der Waals surface area contributed by atoms with Gasteiger partial charge in [-0.2, -0.15) is 0 Å². The van der Waals surface area contributed by atoms with Crippen LogP contribution in [0.2, 0.25) is 0 Å². The number of fused-ring (bicyclic) bond motifs is 1. The van der Waals surface area contributed by atoms with Crippen LogP contribution >= 0.6 is 0 Å². The summed E-state index contributed by atoms with van der Waals surface area (Å²) < 4.78 is 5.25. The number of hydrogen-bond acceptors (Lipinski definition) is 4. The number of carbonyl (C=O) groups is 1. The Morgan fingerprint density at radius 3 is 1.89 bits per heavy atom. The molecule has 2 N–H and O–H groups in total. The molecule has 0 saturated heterocycles. The summed E-state index contributed by atoms with van der Waals surface area (Å²) in [4.78, 5) is 13.8. The number of carbonyl (C=O) groups excluding carboxylic acids is 1. The summed E-state index contributed by atoms with van der Waals surface area (Å²) >= 11 is 0. The van der Waals surface area contributed by atoms with Crippen LogP contribution in [0.1, 0.15) is 80.1 Å². The second-order valence-corrected chi connectivity index (χ2v) is 12.0. The number of benzene rings is 4. The second kappa shape index (κ2) is 10.3. The van der Waals surface area contributed by atoms with Crippen LogP contribution in [0.4, 0.5) is 0 Å². The first-order chi connectivity index (χ1) is 17.8. The molecular formula is C34H38O4. The van der Waals surface area contributed by atoms with E-state index in [9.17, 15) is 15.0 Å². The second-order valence-electron chi connectivity index (χ2n) is 12.0. The summed E-state index contributed by atoms with van der Waals surface area (Å²) in [7, 11) is 1.58. The van der Waals surface area contributed by atoms with Gasteiger partial charge in [-0.25, -0.2) is 0 Å². The standard InChI is InChI=1S/C34H38O4/c1-33(2,3)27-19-23(20-28(31(27)36)34(4,5)6)29(26-14-10-12-21-11-8-9-13-25(21)26)32(37)30(35)22-15-17-24(38-7)18-16-22/h8-20,29,32,36-37H,1-7H3/t29-,32-/m1/s1. The van der Waals surface area contributed by atoms with Gasteiger partial charge in [0.05, 0.1) is 7.11 Å². The molecule has 4 aromatic carbocycles. The number of ether oxygens (including phenoxy) is 1. The van der Waals surface area contributed by atoms with E-state index >= 15 is 0 Å². The zero-order valence-electron chi connectivity index (χ0n) is 23.4. The Morgan fingerprint density at radius 2 is 1.34 bits per heavy atom. The first-order valence-electron chi connectivity index (χ1n) is 13.0. The fraction of sp³-hybridized carbons (Fsp3) is 0.324. The third kappa shape index (κ3) is 5.32. The van der Waals surface area contributed by atoms with E-state index in [0.717, 1.165) is 33.0 Å². The van der Waals surface area contributed by atoms with Crippen LogP contribution in [0.15, 0.2) is 78.9 Å². The molecule has 0 aromatic heterocycles. The number of ketones is 1. The van der Waals surface area contributed by atoms with Crippen molar-refractivity contribution in [1.29, 1.82) is 0 Å². The fourth-order valence-corrected chi connectivity index (χ4v) is 5.11. The lowest BCUT2D eigenvalue weighted by Gasteiger charge is -2.31. The van der Waals surface area contributed by atoms with E-state index < -0.39 is 12.0 Å². The Hall–Kier alpha value is -3.63. The Labute approximate surface area is 225 Å². The average molecular weight is 511 g/mol. The van der Waals surface area contributed by atoms with Crippen molar-refractivity contribution in [3.05, 3.63) is 107 Å². The third-order valence-electron chi connectivity index (χ3n) is 7.22. The molecule has 0 amide bonds. The summed E-state index contributed by atoms with van der Waals surface area (Å²) in [5.41, 5.74) is 2.94. The van der Waals surface area contributed by atoms with Crippen molar-refractivity contribution in [3.63, 3.8) is 0 Å². The van der Waals surface area contributed by atoms with Gasteiger partial charge in [0.25, 0.3) is 0 Å². The minimum atomic E-state index is -1.35. The third-order valence-corrected chi connectivity index (χ3v) is 7.22. The first kappa shape index (κ1) is 27.4. The molecule has 0 aliphatic rings. The lowest BCUT2D eigenvalue weighted by Crippen LogP contribution is -2.30. The van der Waals surface area contributed by atoms with Crippen molar-refractivity contribution < 1.29 is 19.7 Å². The lowest BCUT2D eigenvalue weighted by atomic mass is 9.74. The van der Waals surface area contributed by atoms with Crippen molar-refractivity contribution in [2.24, 2.45) is 0 Å². The molecule has 0 aliphatic heterocycles. The van der Waals surface area contributed by atoms with E-state index in [0.29, 0.717) is 11.3 Å². The minimum absolute atomic E-state index is 0.265. The molecule has 0 unspecified atom stereocenters. The number of aliphatic hydroxyl groups excluding tert-OH is 1. The number of aromatic hydroxyl groups is 1. The fourth-order valence-electron chi connectivity index (χ4n) is 5.11. The van der Waals surface area contributed by atoms with E-state index in [4.69, 9.17) is 4.74 Å². The van der Waals surface area contributed by atoms with Gasteiger partial charge in [0, 0.05) is 11.5 Å². The lowest BCUT2D eigenvalue weighted by molar-refractivity contribution is 0.0716. The molecule has 4 heteroatoms. The maximum Gasteiger partial charge on any atom is 0.192 e. The van der Waals surface area contributed by atoms with Gasteiger partial charge in [0.1, 0.15) is 17.6 Å². The van der Waals surface area contributed by atoms with Gasteiger partial charge in [-0.15, -0.1) is 0 Å². The molecule has 0 fully saturated rings. The molecule has 4 aromatic rings. The van der Waals surface area contributed by atoms with Crippen LogP contribution in [-0.4, -0.2) is 29.2 Å². The normalized spacial score (nSPS) is 13.8. The van der Waals surface area contributed by atoms with E-state index in [2.05, 4.69) is 41.5 Å². The van der Waals surface area contributed by atoms with Crippen molar-refractivity contribution >= 4 is 16.6 Å². The highest BCUT2D eigenvalue weighted by molar-refractivity contribution is 6.01. The van der Waals surface area contributed by atoms with Crippen LogP contribution < -0.4 is 4.74 Å². The highest BCUT2D eigenvalue weighted by atomic mass is 16.5. The molecular weight excluding hydrogens is 472 g/mol. The van der Waals surface area contributed by atoms with E-state index in [1.165, 1.54) is 0 Å². The molecule has 0 heterocycles. The molecule has 4 rings (SSSR count). The van der Waals surface area contributed by atoms with Crippen LogP contribution in [-0.2, 0) is 10.8 Å². The minimum Gasteiger partial charge on any atom is -0.507 e. The van der Waals surface area contributed by atoms with Gasteiger partial charge < -0.3 is 14.9 Å². The number of phenolic OH excluding ortho intramolecular Hbond substituents is 1. The Morgan fingerprint density at radius 1 is 0.789 bits per heavy atom. The van der Waals surface area contributed by atoms with Gasteiger partial charge in [-0.3, -0.25) is 4.79 Å². The SMILES string of the molecule is COc1ccc(C(=O)[C@H](O)[C@H](c2cc(C(C)(C)C)c(O)c(C(C)(C)C)c2)c2cccc3ccccc23)cc1. The number of methoxy groups -OCH3 is 1. The predicted molar refractivity (Wildman–Crippen MR) is 155 cm³/mol. The molecule has 2 atom stereocenters. The molecule has 38 heavy (non-hydrogen) atoms. The molecule has 0 bridgehead atoms.